The van der Waals surface area contributed by atoms with Crippen molar-refractivity contribution in [2.45, 2.75) is 51.9 Å². The molecule has 0 aliphatic carbocycles. The molecule has 1 unspecified atom stereocenters. The van der Waals surface area contributed by atoms with Crippen LogP contribution < -0.4 is 0 Å². The molecule has 7 heteroatoms. The smallest absolute Gasteiger partial charge is 0.287 e. The summed E-state index contributed by atoms with van der Waals surface area (Å²) in [4.78, 5) is 7.97. The first-order chi connectivity index (χ1) is 9.55. The number of rotatable bonds is 2. The number of hydrogen-bond acceptors (Lipinski definition) is 2. The lowest BCUT2D eigenvalue weighted by molar-refractivity contribution is -0.183. The third-order valence-electron chi connectivity index (χ3n) is 3.23. The number of aryl methyl sites for hydroxylation is 1. The highest BCUT2D eigenvalue weighted by Gasteiger charge is 2.42. The Bertz CT molecular complexity index is 653. The van der Waals surface area contributed by atoms with Crippen LogP contribution in [0.2, 0.25) is 0 Å². The van der Waals surface area contributed by atoms with E-state index in [2.05, 4.69) is 9.97 Å². The molecule has 21 heavy (non-hydrogen) atoms. The minimum Gasteiger partial charge on any atom is -0.287 e. The van der Waals surface area contributed by atoms with Crippen LogP contribution in [0.3, 0.4) is 0 Å². The average Bonchev–Trinajstić information content (AvgIpc) is 2.74. The van der Waals surface area contributed by atoms with Gasteiger partial charge in [0.15, 0.2) is 0 Å². The maximum absolute atomic E-state index is 13.4. The minimum absolute atomic E-state index is 0.253. The van der Waals surface area contributed by atoms with Crippen LogP contribution in [0.25, 0.3) is 5.65 Å². The molecule has 0 spiro atoms. The van der Waals surface area contributed by atoms with E-state index in [9.17, 15) is 17.6 Å². The summed E-state index contributed by atoms with van der Waals surface area (Å²) in [6.45, 7) is 7.84. The monoisotopic (exact) mass is 303 g/mol. The second-order valence-electron chi connectivity index (χ2n) is 5.96. The molecule has 0 aliphatic heterocycles. The molecule has 0 aromatic carbocycles. The van der Waals surface area contributed by atoms with Crippen LogP contribution in [0.5, 0.6) is 0 Å². The fourth-order valence-electron chi connectivity index (χ4n) is 2.25. The molecule has 2 aromatic rings. The van der Waals surface area contributed by atoms with Gasteiger partial charge in [-0.1, -0.05) is 27.7 Å². The van der Waals surface area contributed by atoms with Crippen LogP contribution in [0.15, 0.2) is 12.4 Å². The summed E-state index contributed by atoms with van der Waals surface area (Å²) in [5, 5.41) is 0. The van der Waals surface area contributed by atoms with Crippen molar-refractivity contribution < 1.29 is 17.6 Å². The normalized spacial score (nSPS) is 14.7. The van der Waals surface area contributed by atoms with Crippen LogP contribution in [-0.2, 0) is 11.8 Å². The van der Waals surface area contributed by atoms with Gasteiger partial charge in [-0.15, -0.1) is 0 Å². The predicted octanol–water partition coefficient (Wildman–Crippen LogP) is 4.16. The zero-order valence-corrected chi connectivity index (χ0v) is 12.3. The summed E-state index contributed by atoms with van der Waals surface area (Å²) >= 11 is 0. The van der Waals surface area contributed by atoms with Gasteiger partial charge in [0.05, 0.1) is 11.4 Å². The van der Waals surface area contributed by atoms with E-state index in [0.29, 0.717) is 6.42 Å². The molecule has 0 saturated heterocycles. The van der Waals surface area contributed by atoms with Crippen molar-refractivity contribution in [3.05, 3.63) is 29.5 Å². The van der Waals surface area contributed by atoms with Crippen molar-refractivity contribution >= 4 is 5.65 Å². The average molecular weight is 303 g/mol. The zero-order chi connectivity index (χ0) is 16.0. The number of imidazole rings is 1. The van der Waals surface area contributed by atoms with Crippen LogP contribution >= 0.6 is 0 Å². The van der Waals surface area contributed by atoms with E-state index < -0.39 is 18.0 Å². The molecule has 2 heterocycles. The summed E-state index contributed by atoms with van der Waals surface area (Å²) in [7, 11) is 0. The quantitative estimate of drug-likeness (QED) is 0.780. The summed E-state index contributed by atoms with van der Waals surface area (Å²) in [5.41, 5.74) is 1.03. The number of alkyl halides is 4. The van der Waals surface area contributed by atoms with Crippen molar-refractivity contribution in [2.75, 3.05) is 0 Å². The van der Waals surface area contributed by atoms with Gasteiger partial charge in [0.1, 0.15) is 12.0 Å². The Labute approximate surface area is 120 Å². The summed E-state index contributed by atoms with van der Waals surface area (Å²) in [5.74, 6) is 0. The van der Waals surface area contributed by atoms with Gasteiger partial charge in [-0.05, 0) is 6.42 Å². The lowest BCUT2D eigenvalue weighted by Crippen LogP contribution is -2.18. The zero-order valence-electron chi connectivity index (χ0n) is 12.3. The van der Waals surface area contributed by atoms with Crippen LogP contribution in [0.4, 0.5) is 17.6 Å². The van der Waals surface area contributed by atoms with Crippen LogP contribution in [0.1, 0.15) is 50.9 Å². The van der Waals surface area contributed by atoms with Crippen LogP contribution in [-0.4, -0.2) is 20.5 Å². The molecule has 2 aromatic heterocycles. The molecule has 0 bridgehead atoms. The van der Waals surface area contributed by atoms with Crippen molar-refractivity contribution in [2.24, 2.45) is 0 Å². The second-order valence-corrected chi connectivity index (χ2v) is 5.96. The molecule has 2 rings (SSSR count). The van der Waals surface area contributed by atoms with E-state index in [-0.39, 0.29) is 11.1 Å². The van der Waals surface area contributed by atoms with Gasteiger partial charge in [0, 0.05) is 17.2 Å². The Morgan fingerprint density at radius 2 is 1.86 bits per heavy atom. The lowest BCUT2D eigenvalue weighted by atomic mass is 9.90. The summed E-state index contributed by atoms with van der Waals surface area (Å²) in [6.07, 6.45) is -6.18. The minimum atomic E-state index is -4.96. The third-order valence-corrected chi connectivity index (χ3v) is 3.23. The maximum atomic E-state index is 13.4. The molecular formula is C14H17F4N3. The number of fused-ring (bicyclic) bond motifs is 1. The van der Waals surface area contributed by atoms with E-state index in [4.69, 9.17) is 0 Å². The number of halogens is 4. The Morgan fingerprint density at radius 3 is 2.33 bits per heavy atom. The van der Waals surface area contributed by atoms with E-state index in [1.54, 1.807) is 4.40 Å². The predicted molar refractivity (Wildman–Crippen MR) is 71.0 cm³/mol. The summed E-state index contributed by atoms with van der Waals surface area (Å²) < 4.78 is 52.3. The molecule has 0 saturated carbocycles. The number of aromatic nitrogens is 3. The van der Waals surface area contributed by atoms with Gasteiger partial charge in [-0.2, -0.15) is 13.2 Å². The standard InChI is InChI=1S/C14H17F4N3/c1-5-9-12(13(2,3)4)20-10-6-8(19-7-21(9)10)11(15)14(16,17)18/h6-7,11H,5H2,1-4H3. The molecule has 3 nitrogen and oxygen atoms in total. The first-order valence-electron chi connectivity index (χ1n) is 6.63. The Hall–Kier alpha value is -1.66. The van der Waals surface area contributed by atoms with Gasteiger partial charge < -0.3 is 0 Å². The molecule has 0 radical (unpaired) electrons. The van der Waals surface area contributed by atoms with Gasteiger partial charge in [0.2, 0.25) is 6.17 Å². The molecular weight excluding hydrogens is 286 g/mol. The fourth-order valence-corrected chi connectivity index (χ4v) is 2.25. The van der Waals surface area contributed by atoms with E-state index in [1.807, 2.05) is 27.7 Å². The lowest BCUT2D eigenvalue weighted by Gasteiger charge is -2.17. The summed E-state index contributed by atoms with van der Waals surface area (Å²) in [6, 6.07) is 1.06. The van der Waals surface area contributed by atoms with Crippen molar-refractivity contribution in [3.63, 3.8) is 0 Å². The first-order valence-corrected chi connectivity index (χ1v) is 6.63. The van der Waals surface area contributed by atoms with Crippen molar-refractivity contribution in [1.29, 1.82) is 0 Å². The highest BCUT2D eigenvalue weighted by molar-refractivity contribution is 5.46. The number of nitrogens with zero attached hydrogens (tertiary/aromatic N) is 3. The van der Waals surface area contributed by atoms with E-state index in [0.717, 1.165) is 17.5 Å². The topological polar surface area (TPSA) is 30.2 Å². The highest BCUT2D eigenvalue weighted by Crippen LogP contribution is 2.35. The molecule has 1 atom stereocenters. The highest BCUT2D eigenvalue weighted by atomic mass is 19.4. The van der Waals surface area contributed by atoms with Gasteiger partial charge in [0.25, 0.3) is 0 Å². The fraction of sp³-hybridized carbons (Fsp3) is 0.571. The molecule has 0 amide bonds. The maximum Gasteiger partial charge on any atom is 0.425 e. The molecule has 0 fully saturated rings. The Balaban J connectivity index is 2.60. The molecule has 116 valence electrons. The largest absolute Gasteiger partial charge is 0.425 e. The van der Waals surface area contributed by atoms with Crippen molar-refractivity contribution in [3.8, 4) is 0 Å². The SMILES string of the molecule is CCc1c(C(C)(C)C)nc2cc(C(F)C(F)(F)F)ncn12. The third kappa shape index (κ3) is 2.87. The molecule has 0 N–H and O–H groups in total. The van der Waals surface area contributed by atoms with E-state index in [1.165, 1.54) is 6.33 Å². The van der Waals surface area contributed by atoms with Gasteiger partial charge in [-0.3, -0.25) is 4.40 Å². The Morgan fingerprint density at radius 1 is 1.24 bits per heavy atom. The van der Waals surface area contributed by atoms with Crippen LogP contribution in [0, 0.1) is 0 Å². The second kappa shape index (κ2) is 4.96. The number of hydrogen-bond donors (Lipinski definition) is 0. The Kier molecular flexibility index (Phi) is 3.71. The van der Waals surface area contributed by atoms with E-state index >= 15 is 0 Å². The van der Waals surface area contributed by atoms with Gasteiger partial charge >= 0.3 is 6.18 Å². The molecule has 0 aliphatic rings. The van der Waals surface area contributed by atoms with Gasteiger partial charge in [-0.25, -0.2) is 14.4 Å². The van der Waals surface area contributed by atoms with Crippen molar-refractivity contribution in [1.82, 2.24) is 14.4 Å². The first kappa shape index (κ1) is 15.7.